The van der Waals surface area contributed by atoms with Crippen LogP contribution in [0.15, 0.2) is 18.2 Å². The Morgan fingerprint density at radius 1 is 1.48 bits per heavy atom. The Kier molecular flexibility index (Phi) is 3.54. The Bertz CT molecular complexity index is 577. The molecule has 4 heteroatoms. The largest absolute Gasteiger partial charge is 0.495 e. The van der Waals surface area contributed by atoms with Gasteiger partial charge < -0.3 is 14.7 Å². The van der Waals surface area contributed by atoms with Crippen molar-refractivity contribution in [1.82, 2.24) is 0 Å². The first-order chi connectivity index (χ1) is 10.1. The van der Waals surface area contributed by atoms with Gasteiger partial charge in [0.05, 0.1) is 24.3 Å². The van der Waals surface area contributed by atoms with Crippen LogP contribution in [0.1, 0.15) is 38.2 Å². The lowest BCUT2D eigenvalue weighted by molar-refractivity contribution is 0.00843. The highest BCUT2D eigenvalue weighted by Gasteiger charge is 2.54. The molecule has 1 saturated carbocycles. The second-order valence-corrected chi connectivity index (χ2v) is 6.13. The van der Waals surface area contributed by atoms with Gasteiger partial charge >= 0.3 is 0 Å². The molecule has 0 amide bonds. The van der Waals surface area contributed by atoms with Crippen LogP contribution in [-0.4, -0.2) is 30.4 Å². The summed E-state index contributed by atoms with van der Waals surface area (Å²) in [5.41, 5.74) is 1.04. The standard InChI is InChI=1S/C17H22N2O2/c1-3-16-17(20,13-5-6-13)8-9-19(16)14-7-4-12(11-18)15(10-14)21-2/h4,7,10,13,16,20H,3,5-6,8-9H2,1-2H3/t16-,17+/m0/s1. The quantitative estimate of drug-likeness (QED) is 0.924. The molecule has 2 aliphatic rings. The van der Waals surface area contributed by atoms with E-state index in [0.717, 1.165) is 37.9 Å². The smallest absolute Gasteiger partial charge is 0.138 e. The third kappa shape index (κ3) is 2.26. The summed E-state index contributed by atoms with van der Waals surface area (Å²) in [7, 11) is 1.59. The van der Waals surface area contributed by atoms with E-state index < -0.39 is 5.60 Å². The lowest BCUT2D eigenvalue weighted by atomic mass is 9.87. The minimum atomic E-state index is -0.546. The Hall–Kier alpha value is -1.73. The molecule has 2 atom stereocenters. The van der Waals surface area contributed by atoms with Crippen molar-refractivity contribution >= 4 is 5.69 Å². The third-order valence-corrected chi connectivity index (χ3v) is 5.01. The molecular formula is C17H22N2O2. The Morgan fingerprint density at radius 2 is 2.24 bits per heavy atom. The molecule has 1 saturated heterocycles. The number of hydrogen-bond acceptors (Lipinski definition) is 4. The lowest BCUT2D eigenvalue weighted by Crippen LogP contribution is -2.46. The van der Waals surface area contributed by atoms with Crippen LogP contribution in [0.4, 0.5) is 5.69 Å². The summed E-state index contributed by atoms with van der Waals surface area (Å²) in [5.74, 6) is 1.07. The van der Waals surface area contributed by atoms with E-state index in [1.165, 1.54) is 0 Å². The molecule has 0 aromatic heterocycles. The van der Waals surface area contributed by atoms with Crippen LogP contribution in [0.2, 0.25) is 0 Å². The van der Waals surface area contributed by atoms with Crippen molar-refractivity contribution in [1.29, 1.82) is 5.26 Å². The van der Waals surface area contributed by atoms with Crippen molar-refractivity contribution in [2.45, 2.75) is 44.2 Å². The predicted octanol–water partition coefficient (Wildman–Crippen LogP) is 2.70. The predicted molar refractivity (Wildman–Crippen MR) is 81.4 cm³/mol. The van der Waals surface area contributed by atoms with E-state index in [4.69, 9.17) is 10.00 Å². The van der Waals surface area contributed by atoms with Crippen molar-refractivity contribution in [2.24, 2.45) is 5.92 Å². The summed E-state index contributed by atoms with van der Waals surface area (Å²) in [4.78, 5) is 2.28. The van der Waals surface area contributed by atoms with E-state index >= 15 is 0 Å². The Labute approximate surface area is 125 Å². The van der Waals surface area contributed by atoms with Crippen LogP contribution in [0.3, 0.4) is 0 Å². The van der Waals surface area contributed by atoms with Gasteiger partial charge in [-0.25, -0.2) is 0 Å². The lowest BCUT2D eigenvalue weighted by Gasteiger charge is -2.35. The first kappa shape index (κ1) is 14.2. The monoisotopic (exact) mass is 286 g/mol. The molecule has 0 unspecified atom stereocenters. The van der Waals surface area contributed by atoms with Gasteiger partial charge in [0.2, 0.25) is 0 Å². The second-order valence-electron chi connectivity index (χ2n) is 6.13. The van der Waals surface area contributed by atoms with Gasteiger partial charge in [0, 0.05) is 18.3 Å². The number of aliphatic hydroxyl groups is 1. The van der Waals surface area contributed by atoms with Crippen LogP contribution in [0.25, 0.3) is 0 Å². The summed E-state index contributed by atoms with van der Waals surface area (Å²) < 4.78 is 5.31. The molecule has 2 fully saturated rings. The number of rotatable bonds is 4. The molecule has 4 nitrogen and oxygen atoms in total. The summed E-state index contributed by atoms with van der Waals surface area (Å²) in [5, 5.41) is 20.1. The number of methoxy groups -OCH3 is 1. The highest BCUT2D eigenvalue weighted by Crippen LogP contribution is 2.49. The zero-order valence-corrected chi connectivity index (χ0v) is 12.7. The molecular weight excluding hydrogens is 264 g/mol. The Morgan fingerprint density at radius 3 is 2.81 bits per heavy atom. The zero-order chi connectivity index (χ0) is 15.0. The van der Waals surface area contributed by atoms with Gasteiger partial charge in [0.25, 0.3) is 0 Å². The minimum absolute atomic E-state index is 0.155. The topological polar surface area (TPSA) is 56.5 Å². The van der Waals surface area contributed by atoms with Crippen molar-refractivity contribution in [3.63, 3.8) is 0 Å². The molecule has 1 N–H and O–H groups in total. The van der Waals surface area contributed by atoms with Gasteiger partial charge in [-0.3, -0.25) is 0 Å². The molecule has 21 heavy (non-hydrogen) atoms. The van der Waals surface area contributed by atoms with Crippen LogP contribution in [-0.2, 0) is 0 Å². The number of hydrogen-bond donors (Lipinski definition) is 1. The van der Waals surface area contributed by atoms with Crippen molar-refractivity contribution in [3.8, 4) is 11.8 Å². The van der Waals surface area contributed by atoms with Crippen LogP contribution in [0.5, 0.6) is 5.75 Å². The van der Waals surface area contributed by atoms with Gasteiger partial charge in [-0.05, 0) is 43.7 Å². The summed E-state index contributed by atoms with van der Waals surface area (Å²) >= 11 is 0. The van der Waals surface area contributed by atoms with E-state index in [-0.39, 0.29) is 6.04 Å². The number of benzene rings is 1. The average molecular weight is 286 g/mol. The number of nitriles is 1. The van der Waals surface area contributed by atoms with Gasteiger partial charge in [-0.2, -0.15) is 5.26 Å². The molecule has 3 rings (SSSR count). The van der Waals surface area contributed by atoms with Gasteiger partial charge in [-0.1, -0.05) is 6.92 Å². The van der Waals surface area contributed by atoms with E-state index in [1.54, 1.807) is 13.2 Å². The third-order valence-electron chi connectivity index (χ3n) is 5.01. The van der Waals surface area contributed by atoms with E-state index in [0.29, 0.717) is 17.2 Å². The normalized spacial score (nSPS) is 28.5. The van der Waals surface area contributed by atoms with E-state index in [9.17, 15) is 5.11 Å². The summed E-state index contributed by atoms with van der Waals surface area (Å²) in [6.07, 6.45) is 4.06. The molecule has 112 valence electrons. The van der Waals surface area contributed by atoms with Crippen molar-refractivity contribution < 1.29 is 9.84 Å². The number of anilines is 1. The number of nitrogens with zero attached hydrogens (tertiary/aromatic N) is 2. The first-order valence-corrected chi connectivity index (χ1v) is 7.71. The van der Waals surface area contributed by atoms with Gasteiger partial charge in [0.1, 0.15) is 11.8 Å². The second kappa shape index (κ2) is 5.23. The molecule has 0 spiro atoms. The highest BCUT2D eigenvalue weighted by molar-refractivity contribution is 5.58. The molecule has 1 aromatic rings. The highest BCUT2D eigenvalue weighted by atomic mass is 16.5. The zero-order valence-electron chi connectivity index (χ0n) is 12.7. The maximum Gasteiger partial charge on any atom is 0.138 e. The number of ether oxygens (including phenoxy) is 1. The van der Waals surface area contributed by atoms with E-state index in [2.05, 4.69) is 17.9 Å². The van der Waals surface area contributed by atoms with Gasteiger partial charge in [-0.15, -0.1) is 0 Å². The van der Waals surface area contributed by atoms with Gasteiger partial charge in [0.15, 0.2) is 0 Å². The van der Waals surface area contributed by atoms with Crippen LogP contribution in [0, 0.1) is 17.2 Å². The molecule has 1 aliphatic carbocycles. The van der Waals surface area contributed by atoms with Crippen LogP contribution < -0.4 is 9.64 Å². The minimum Gasteiger partial charge on any atom is -0.495 e. The fourth-order valence-corrected chi connectivity index (χ4v) is 3.79. The molecule has 1 aromatic carbocycles. The fourth-order valence-electron chi connectivity index (χ4n) is 3.79. The first-order valence-electron chi connectivity index (χ1n) is 7.71. The maximum atomic E-state index is 11.0. The summed E-state index contributed by atoms with van der Waals surface area (Å²) in [6.45, 7) is 3.00. The SMILES string of the molecule is CC[C@@H]1N(c2ccc(C#N)c(OC)c2)CC[C@@]1(O)C1CC1. The van der Waals surface area contributed by atoms with Crippen molar-refractivity contribution in [2.75, 3.05) is 18.6 Å². The summed E-state index contributed by atoms with van der Waals surface area (Å²) in [6, 6.07) is 7.97. The average Bonchev–Trinajstić information content (AvgIpc) is 3.31. The molecule has 0 bridgehead atoms. The molecule has 0 radical (unpaired) electrons. The van der Waals surface area contributed by atoms with Crippen LogP contribution >= 0.6 is 0 Å². The maximum absolute atomic E-state index is 11.0. The molecule has 1 heterocycles. The Balaban J connectivity index is 1.92. The fraction of sp³-hybridized carbons (Fsp3) is 0.588. The van der Waals surface area contributed by atoms with E-state index in [1.807, 2.05) is 12.1 Å². The molecule has 1 aliphatic heterocycles. The van der Waals surface area contributed by atoms with Crippen molar-refractivity contribution in [3.05, 3.63) is 23.8 Å².